The van der Waals surface area contributed by atoms with Crippen molar-refractivity contribution in [2.24, 2.45) is 0 Å². The van der Waals surface area contributed by atoms with E-state index in [1.807, 2.05) is 25.7 Å². The molecule has 1 aliphatic heterocycles. The molecule has 0 bridgehead atoms. The van der Waals surface area contributed by atoms with Gasteiger partial charge >= 0.3 is 0 Å². The van der Waals surface area contributed by atoms with Crippen molar-refractivity contribution in [2.75, 3.05) is 31.1 Å². The highest BCUT2D eigenvalue weighted by molar-refractivity contribution is 5.92. The molecule has 2 aromatic heterocycles. The van der Waals surface area contributed by atoms with Crippen LogP contribution in [0.15, 0.2) is 34.9 Å². The van der Waals surface area contributed by atoms with Crippen molar-refractivity contribution in [2.45, 2.75) is 26.3 Å². The number of carbonyl (C=O) groups excluding carboxylic acids is 2. The standard InChI is InChI=1S/C18H23N5O3/c1-18(2,3)19-16(24)13-6-7-15(21-20-13)22-8-10-23(11-9-22)17(25)14-5-4-12-26-14/h4-7,12H,8-11H2,1-3H3,(H,19,24). The Bertz CT molecular complexity index is 757. The first-order chi connectivity index (χ1) is 12.3. The number of nitrogens with zero attached hydrogens (tertiary/aromatic N) is 4. The first-order valence-electron chi connectivity index (χ1n) is 8.57. The summed E-state index contributed by atoms with van der Waals surface area (Å²) in [5.74, 6) is 0.704. The molecule has 1 fully saturated rings. The lowest BCUT2D eigenvalue weighted by molar-refractivity contribution is 0.0714. The molecule has 1 N–H and O–H groups in total. The third-order valence-corrected chi connectivity index (χ3v) is 3.99. The van der Waals surface area contributed by atoms with E-state index in [0.29, 0.717) is 37.8 Å². The van der Waals surface area contributed by atoms with E-state index >= 15 is 0 Å². The van der Waals surface area contributed by atoms with Gasteiger partial charge in [0.1, 0.15) is 0 Å². The van der Waals surface area contributed by atoms with Crippen molar-refractivity contribution in [1.29, 1.82) is 0 Å². The maximum absolute atomic E-state index is 12.3. The van der Waals surface area contributed by atoms with Gasteiger partial charge in [-0.05, 0) is 45.0 Å². The molecule has 0 saturated carbocycles. The molecule has 0 radical (unpaired) electrons. The maximum Gasteiger partial charge on any atom is 0.289 e. The van der Waals surface area contributed by atoms with Gasteiger partial charge in [0.25, 0.3) is 11.8 Å². The Morgan fingerprint density at radius 3 is 2.35 bits per heavy atom. The topological polar surface area (TPSA) is 91.6 Å². The van der Waals surface area contributed by atoms with Crippen molar-refractivity contribution in [3.63, 3.8) is 0 Å². The number of aromatic nitrogens is 2. The number of hydrogen-bond donors (Lipinski definition) is 1. The van der Waals surface area contributed by atoms with Crippen LogP contribution in [-0.2, 0) is 0 Å². The zero-order chi connectivity index (χ0) is 18.7. The second-order valence-electron chi connectivity index (χ2n) is 7.24. The van der Waals surface area contributed by atoms with Crippen LogP contribution in [0.3, 0.4) is 0 Å². The SMILES string of the molecule is CC(C)(C)NC(=O)c1ccc(N2CCN(C(=O)c3ccco3)CC2)nn1. The van der Waals surface area contributed by atoms with Gasteiger partial charge in [-0.25, -0.2) is 0 Å². The van der Waals surface area contributed by atoms with Gasteiger partial charge in [0.15, 0.2) is 17.3 Å². The molecule has 138 valence electrons. The number of anilines is 1. The zero-order valence-corrected chi connectivity index (χ0v) is 15.2. The monoisotopic (exact) mass is 357 g/mol. The van der Waals surface area contributed by atoms with Crippen LogP contribution in [0.5, 0.6) is 0 Å². The lowest BCUT2D eigenvalue weighted by atomic mass is 10.1. The summed E-state index contributed by atoms with van der Waals surface area (Å²) < 4.78 is 5.17. The molecule has 0 spiro atoms. The van der Waals surface area contributed by atoms with E-state index in [4.69, 9.17) is 4.42 Å². The Hall–Kier alpha value is -2.90. The van der Waals surface area contributed by atoms with Crippen LogP contribution in [0, 0.1) is 0 Å². The van der Waals surface area contributed by atoms with E-state index in [-0.39, 0.29) is 23.0 Å². The van der Waals surface area contributed by atoms with Crippen LogP contribution >= 0.6 is 0 Å². The first kappa shape index (κ1) is 17.9. The van der Waals surface area contributed by atoms with E-state index in [1.54, 1.807) is 29.2 Å². The third-order valence-electron chi connectivity index (χ3n) is 3.99. The fraction of sp³-hybridized carbons (Fsp3) is 0.444. The van der Waals surface area contributed by atoms with Crippen LogP contribution in [0.2, 0.25) is 0 Å². The molecule has 26 heavy (non-hydrogen) atoms. The Balaban J connectivity index is 1.58. The molecule has 0 atom stereocenters. The quantitative estimate of drug-likeness (QED) is 0.896. The number of amides is 2. The van der Waals surface area contributed by atoms with Crippen LogP contribution in [0.1, 0.15) is 41.8 Å². The lowest BCUT2D eigenvalue weighted by Gasteiger charge is -2.34. The summed E-state index contributed by atoms with van der Waals surface area (Å²) in [6.45, 7) is 8.19. The normalized spacial score (nSPS) is 15.0. The molecule has 0 aromatic carbocycles. The number of furan rings is 1. The minimum Gasteiger partial charge on any atom is -0.459 e. The number of carbonyl (C=O) groups is 2. The zero-order valence-electron chi connectivity index (χ0n) is 15.2. The van der Waals surface area contributed by atoms with Crippen LogP contribution < -0.4 is 10.2 Å². The highest BCUT2D eigenvalue weighted by Crippen LogP contribution is 2.15. The summed E-state index contributed by atoms with van der Waals surface area (Å²) in [5, 5.41) is 11.1. The molecule has 1 saturated heterocycles. The van der Waals surface area contributed by atoms with Crippen molar-refractivity contribution >= 4 is 17.6 Å². The smallest absolute Gasteiger partial charge is 0.289 e. The van der Waals surface area contributed by atoms with Crippen molar-refractivity contribution in [1.82, 2.24) is 20.4 Å². The van der Waals surface area contributed by atoms with Gasteiger partial charge in [0.05, 0.1) is 6.26 Å². The van der Waals surface area contributed by atoms with Gasteiger partial charge in [0, 0.05) is 31.7 Å². The molecule has 0 unspecified atom stereocenters. The van der Waals surface area contributed by atoms with Crippen LogP contribution in [0.25, 0.3) is 0 Å². The number of hydrogen-bond acceptors (Lipinski definition) is 6. The summed E-state index contributed by atoms with van der Waals surface area (Å²) in [6, 6.07) is 6.83. The summed E-state index contributed by atoms with van der Waals surface area (Å²) >= 11 is 0. The molecule has 3 heterocycles. The fourth-order valence-electron chi connectivity index (χ4n) is 2.71. The summed E-state index contributed by atoms with van der Waals surface area (Å²) in [4.78, 5) is 28.2. The Morgan fingerprint density at radius 1 is 1.08 bits per heavy atom. The Labute approximate surface area is 152 Å². The van der Waals surface area contributed by atoms with Gasteiger partial charge in [-0.15, -0.1) is 10.2 Å². The second-order valence-corrected chi connectivity index (χ2v) is 7.24. The summed E-state index contributed by atoms with van der Waals surface area (Å²) in [6.07, 6.45) is 1.50. The molecule has 1 aliphatic rings. The third kappa shape index (κ3) is 4.19. The highest BCUT2D eigenvalue weighted by atomic mass is 16.3. The predicted octanol–water partition coefficient (Wildman–Crippen LogP) is 1.56. The average Bonchev–Trinajstić information content (AvgIpc) is 3.14. The molecule has 2 aromatic rings. The number of nitrogens with one attached hydrogen (secondary N) is 1. The number of piperazine rings is 1. The average molecular weight is 357 g/mol. The van der Waals surface area contributed by atoms with E-state index < -0.39 is 0 Å². The largest absolute Gasteiger partial charge is 0.459 e. The Morgan fingerprint density at radius 2 is 1.81 bits per heavy atom. The second kappa shape index (κ2) is 7.15. The van der Waals surface area contributed by atoms with Gasteiger partial charge in [-0.1, -0.05) is 0 Å². The van der Waals surface area contributed by atoms with Gasteiger partial charge in [-0.3, -0.25) is 9.59 Å². The maximum atomic E-state index is 12.3. The molecular weight excluding hydrogens is 334 g/mol. The Kier molecular flexibility index (Phi) is 4.92. The van der Waals surface area contributed by atoms with Crippen molar-refractivity contribution < 1.29 is 14.0 Å². The van der Waals surface area contributed by atoms with Crippen molar-refractivity contribution in [3.05, 3.63) is 42.0 Å². The molecule has 8 heteroatoms. The van der Waals surface area contributed by atoms with Gasteiger partial charge < -0.3 is 19.5 Å². The number of rotatable bonds is 3. The van der Waals surface area contributed by atoms with E-state index in [9.17, 15) is 9.59 Å². The minimum absolute atomic E-state index is 0.102. The van der Waals surface area contributed by atoms with Crippen LogP contribution in [0.4, 0.5) is 5.82 Å². The summed E-state index contributed by atoms with van der Waals surface area (Å²) in [7, 11) is 0. The van der Waals surface area contributed by atoms with E-state index in [2.05, 4.69) is 15.5 Å². The predicted molar refractivity (Wildman–Crippen MR) is 96.1 cm³/mol. The molecule has 2 amide bonds. The van der Waals surface area contributed by atoms with Crippen molar-refractivity contribution in [3.8, 4) is 0 Å². The first-order valence-corrected chi connectivity index (χ1v) is 8.57. The minimum atomic E-state index is -0.325. The summed E-state index contributed by atoms with van der Waals surface area (Å²) in [5.41, 5.74) is -0.0378. The molecule has 3 rings (SSSR count). The highest BCUT2D eigenvalue weighted by Gasteiger charge is 2.25. The van der Waals surface area contributed by atoms with Gasteiger partial charge in [0.2, 0.25) is 0 Å². The van der Waals surface area contributed by atoms with E-state index in [1.165, 1.54) is 6.26 Å². The molecule has 0 aliphatic carbocycles. The van der Waals surface area contributed by atoms with E-state index in [0.717, 1.165) is 0 Å². The van der Waals surface area contributed by atoms with Crippen LogP contribution in [-0.4, -0.2) is 58.6 Å². The molecule has 8 nitrogen and oxygen atoms in total. The fourth-order valence-corrected chi connectivity index (χ4v) is 2.71. The lowest BCUT2D eigenvalue weighted by Crippen LogP contribution is -2.49. The molecular formula is C18H23N5O3. The van der Waals surface area contributed by atoms with Gasteiger partial charge in [-0.2, -0.15) is 0 Å².